The lowest BCUT2D eigenvalue weighted by Crippen LogP contribution is -2.36. The zero-order chi connectivity index (χ0) is 19.5. The van der Waals surface area contributed by atoms with Crippen molar-refractivity contribution in [1.29, 1.82) is 0 Å². The highest BCUT2D eigenvalue weighted by Gasteiger charge is 2.24. The first-order valence-electron chi connectivity index (χ1n) is 8.05. The number of amides is 2. The van der Waals surface area contributed by atoms with Crippen molar-refractivity contribution in [2.75, 3.05) is 5.32 Å². The zero-order valence-corrected chi connectivity index (χ0v) is 15.8. The summed E-state index contributed by atoms with van der Waals surface area (Å²) in [5, 5.41) is 1.71. The molecule has 0 aliphatic carbocycles. The van der Waals surface area contributed by atoms with E-state index >= 15 is 0 Å². The molecule has 0 unspecified atom stereocenters. The van der Waals surface area contributed by atoms with Crippen molar-refractivity contribution in [3.63, 3.8) is 0 Å². The van der Waals surface area contributed by atoms with Gasteiger partial charge in [0.25, 0.3) is 10.0 Å². The Morgan fingerprint density at radius 3 is 2.19 bits per heavy atom. The second-order valence-corrected chi connectivity index (χ2v) is 7.95. The van der Waals surface area contributed by atoms with Crippen LogP contribution in [0.3, 0.4) is 0 Å². The van der Waals surface area contributed by atoms with Gasteiger partial charge in [0.2, 0.25) is 5.03 Å². The molecular weight excluding hydrogens is 359 g/mol. The number of para-hydroxylation sites is 1. The molecule has 0 aliphatic rings. The fourth-order valence-electron chi connectivity index (χ4n) is 2.50. The Kier molecular flexibility index (Phi) is 5.91. The van der Waals surface area contributed by atoms with E-state index in [2.05, 4.69) is 15.3 Å². The Hall–Kier alpha value is -2.55. The van der Waals surface area contributed by atoms with Gasteiger partial charge in [-0.3, -0.25) is 0 Å². The lowest BCUT2D eigenvalue weighted by atomic mass is 9.93. The molecule has 26 heavy (non-hydrogen) atoms. The van der Waals surface area contributed by atoms with E-state index in [9.17, 15) is 17.6 Å². The second-order valence-electron chi connectivity index (χ2n) is 6.36. The van der Waals surface area contributed by atoms with E-state index in [0.29, 0.717) is 11.9 Å². The summed E-state index contributed by atoms with van der Waals surface area (Å²) in [6.07, 6.45) is 1.60. The number of hydrogen-bond acceptors (Lipinski definition) is 5. The number of aromatic nitrogens is 2. The molecule has 0 bridgehead atoms. The van der Waals surface area contributed by atoms with Crippen molar-refractivity contribution < 1.29 is 17.6 Å². The number of rotatable bonds is 5. The molecule has 7 nitrogen and oxygen atoms in total. The van der Waals surface area contributed by atoms with Crippen LogP contribution in [-0.4, -0.2) is 24.4 Å². The number of nitrogens with one attached hydrogen (secondary N) is 2. The number of carbonyl (C=O) groups excluding carboxylic acids is 1. The van der Waals surface area contributed by atoms with E-state index in [0.717, 1.165) is 17.5 Å². The third-order valence-corrected chi connectivity index (χ3v) is 4.99. The molecule has 0 radical (unpaired) electrons. The number of carbonyl (C=O) groups is 1. The lowest BCUT2D eigenvalue weighted by Gasteiger charge is -2.20. The maximum atomic E-state index is 13.6. The van der Waals surface area contributed by atoms with E-state index < -0.39 is 26.9 Å². The molecule has 9 heteroatoms. The smallest absolute Gasteiger partial charge is 0.307 e. The SMILES string of the molecule is CC(C)c1cccc(C(C)C)c1NC(=O)NS(=O)(=O)c1ncncc1F. The molecule has 2 rings (SSSR count). The van der Waals surface area contributed by atoms with Gasteiger partial charge in [0.15, 0.2) is 5.82 Å². The zero-order valence-electron chi connectivity index (χ0n) is 14.9. The van der Waals surface area contributed by atoms with Crippen LogP contribution in [0.15, 0.2) is 35.7 Å². The van der Waals surface area contributed by atoms with Crippen molar-refractivity contribution in [3.05, 3.63) is 47.7 Å². The number of urea groups is 1. The summed E-state index contributed by atoms with van der Waals surface area (Å²) < 4.78 is 39.8. The molecule has 2 aromatic rings. The first-order valence-corrected chi connectivity index (χ1v) is 9.54. The summed E-state index contributed by atoms with van der Waals surface area (Å²) in [4.78, 5) is 19.1. The van der Waals surface area contributed by atoms with Gasteiger partial charge in [-0.2, -0.15) is 8.42 Å². The van der Waals surface area contributed by atoms with Crippen LogP contribution in [0.5, 0.6) is 0 Å². The molecule has 0 atom stereocenters. The van der Waals surface area contributed by atoms with Crippen molar-refractivity contribution in [2.45, 2.75) is 44.6 Å². The predicted molar refractivity (Wildman–Crippen MR) is 96.0 cm³/mol. The Bertz CT molecular complexity index is 888. The van der Waals surface area contributed by atoms with Crippen LogP contribution in [-0.2, 0) is 10.0 Å². The van der Waals surface area contributed by atoms with E-state index in [-0.39, 0.29) is 11.8 Å². The highest BCUT2D eigenvalue weighted by Crippen LogP contribution is 2.32. The van der Waals surface area contributed by atoms with Gasteiger partial charge in [-0.15, -0.1) is 0 Å². The summed E-state index contributed by atoms with van der Waals surface area (Å²) in [7, 11) is -4.46. The lowest BCUT2D eigenvalue weighted by molar-refractivity contribution is 0.256. The molecule has 0 spiro atoms. The highest BCUT2D eigenvalue weighted by atomic mass is 32.2. The second kappa shape index (κ2) is 7.77. The van der Waals surface area contributed by atoms with Crippen LogP contribution in [0.4, 0.5) is 14.9 Å². The molecule has 0 aliphatic heterocycles. The third-order valence-electron chi connectivity index (χ3n) is 3.73. The number of sulfonamides is 1. The Balaban J connectivity index is 2.32. The molecular formula is C17H21FN4O3S. The maximum Gasteiger partial charge on any atom is 0.333 e. The van der Waals surface area contributed by atoms with Crippen LogP contribution >= 0.6 is 0 Å². The van der Waals surface area contributed by atoms with Crippen molar-refractivity contribution in [2.24, 2.45) is 0 Å². The molecule has 0 saturated carbocycles. The summed E-state index contributed by atoms with van der Waals surface area (Å²) in [5.74, 6) is -0.918. The molecule has 2 N–H and O–H groups in total. The molecule has 2 amide bonds. The van der Waals surface area contributed by atoms with Crippen molar-refractivity contribution in [3.8, 4) is 0 Å². The minimum Gasteiger partial charge on any atom is -0.307 e. The largest absolute Gasteiger partial charge is 0.333 e. The summed E-state index contributed by atoms with van der Waals surface area (Å²) in [6.45, 7) is 7.87. The Morgan fingerprint density at radius 1 is 1.12 bits per heavy atom. The van der Waals surface area contributed by atoms with E-state index in [1.807, 2.05) is 45.9 Å². The first-order chi connectivity index (χ1) is 12.1. The first kappa shape index (κ1) is 19.8. The summed E-state index contributed by atoms with van der Waals surface area (Å²) in [5.41, 5.74) is 2.29. The average Bonchev–Trinajstić information content (AvgIpc) is 2.54. The third kappa shape index (κ3) is 4.34. The van der Waals surface area contributed by atoms with Gasteiger partial charge in [-0.1, -0.05) is 45.9 Å². The molecule has 1 heterocycles. The van der Waals surface area contributed by atoms with Gasteiger partial charge in [-0.25, -0.2) is 23.9 Å². The van der Waals surface area contributed by atoms with Crippen LogP contribution in [0.1, 0.15) is 50.7 Å². The molecule has 140 valence electrons. The molecule has 0 saturated heterocycles. The van der Waals surface area contributed by atoms with Crippen molar-refractivity contribution >= 4 is 21.7 Å². The average molecular weight is 380 g/mol. The van der Waals surface area contributed by atoms with Crippen LogP contribution in [0.25, 0.3) is 0 Å². The van der Waals surface area contributed by atoms with Crippen LogP contribution < -0.4 is 10.0 Å². The fraction of sp³-hybridized carbons (Fsp3) is 0.353. The Labute approximate surface area is 152 Å². The summed E-state index contributed by atoms with van der Waals surface area (Å²) in [6, 6.07) is 4.63. The van der Waals surface area contributed by atoms with Gasteiger partial charge in [0.1, 0.15) is 6.33 Å². The van der Waals surface area contributed by atoms with Gasteiger partial charge in [0.05, 0.1) is 6.20 Å². The van der Waals surface area contributed by atoms with E-state index in [1.54, 1.807) is 4.72 Å². The highest BCUT2D eigenvalue weighted by molar-refractivity contribution is 7.90. The standard InChI is InChI=1S/C17H21FN4O3S/c1-10(2)12-6-5-7-13(11(3)4)15(12)21-17(23)22-26(24,25)16-14(18)8-19-9-20-16/h5-11H,1-4H3,(H2,21,22,23). The monoisotopic (exact) mass is 380 g/mol. The minimum absolute atomic E-state index is 0.111. The number of benzene rings is 1. The van der Waals surface area contributed by atoms with E-state index in [4.69, 9.17) is 0 Å². The van der Waals surface area contributed by atoms with E-state index in [1.165, 1.54) is 0 Å². The Morgan fingerprint density at radius 2 is 1.69 bits per heavy atom. The minimum atomic E-state index is -4.46. The quantitative estimate of drug-likeness (QED) is 0.775. The van der Waals surface area contributed by atoms with Crippen LogP contribution in [0, 0.1) is 5.82 Å². The van der Waals surface area contributed by atoms with Gasteiger partial charge in [0, 0.05) is 5.69 Å². The molecule has 0 fully saturated rings. The number of halogens is 1. The van der Waals surface area contributed by atoms with Gasteiger partial charge >= 0.3 is 6.03 Å². The van der Waals surface area contributed by atoms with Gasteiger partial charge < -0.3 is 5.32 Å². The summed E-state index contributed by atoms with van der Waals surface area (Å²) >= 11 is 0. The molecule has 1 aromatic carbocycles. The van der Waals surface area contributed by atoms with Crippen molar-refractivity contribution in [1.82, 2.24) is 14.7 Å². The number of anilines is 1. The fourth-order valence-corrected chi connectivity index (χ4v) is 3.39. The number of hydrogen-bond donors (Lipinski definition) is 2. The predicted octanol–water partition coefficient (Wildman–Crippen LogP) is 3.37. The van der Waals surface area contributed by atoms with Crippen LogP contribution in [0.2, 0.25) is 0 Å². The van der Waals surface area contributed by atoms with Gasteiger partial charge in [-0.05, 0) is 23.0 Å². The topological polar surface area (TPSA) is 101 Å². The molecule has 1 aromatic heterocycles. The maximum absolute atomic E-state index is 13.6. The number of nitrogens with zero attached hydrogens (tertiary/aromatic N) is 2. The normalized spacial score (nSPS) is 11.7.